The molecule has 24 heavy (non-hydrogen) atoms. The Morgan fingerprint density at radius 3 is 2.50 bits per heavy atom. The van der Waals surface area contributed by atoms with Gasteiger partial charge in [0.15, 0.2) is 0 Å². The van der Waals surface area contributed by atoms with Crippen molar-refractivity contribution in [2.75, 3.05) is 10.2 Å². The van der Waals surface area contributed by atoms with Gasteiger partial charge in [-0.1, -0.05) is 29.8 Å². The number of hydrogen-bond acceptors (Lipinski definition) is 2. The van der Waals surface area contributed by atoms with Crippen molar-refractivity contribution >= 4 is 23.2 Å². The molecule has 1 unspecified atom stereocenters. The van der Waals surface area contributed by atoms with Crippen molar-refractivity contribution in [1.82, 2.24) is 0 Å². The molecule has 1 fully saturated rings. The van der Waals surface area contributed by atoms with Crippen LogP contribution in [0.4, 0.5) is 11.4 Å². The van der Waals surface area contributed by atoms with Gasteiger partial charge in [0.25, 0.3) is 0 Å². The Hall–Kier alpha value is -2.62. The third kappa shape index (κ3) is 3.04. The summed E-state index contributed by atoms with van der Waals surface area (Å²) in [5.74, 6) is -0.130. The van der Waals surface area contributed by atoms with Crippen LogP contribution in [-0.2, 0) is 9.59 Å². The van der Waals surface area contributed by atoms with E-state index in [1.54, 1.807) is 4.90 Å². The first-order valence-electron chi connectivity index (χ1n) is 8.23. The molecule has 1 heterocycles. The van der Waals surface area contributed by atoms with Gasteiger partial charge in [0.2, 0.25) is 11.8 Å². The predicted octanol–water partition coefficient (Wildman–Crippen LogP) is 3.75. The minimum atomic E-state index is -0.458. The number of amides is 2. The second kappa shape index (κ2) is 6.48. The van der Waals surface area contributed by atoms with Crippen molar-refractivity contribution in [2.24, 2.45) is 0 Å². The highest BCUT2D eigenvalue weighted by atomic mass is 16.2. The van der Waals surface area contributed by atoms with Crippen LogP contribution in [0.3, 0.4) is 0 Å². The van der Waals surface area contributed by atoms with Crippen LogP contribution in [0.1, 0.15) is 29.5 Å². The molecule has 2 aromatic carbocycles. The summed E-state index contributed by atoms with van der Waals surface area (Å²) in [5.41, 5.74) is 4.90. The lowest BCUT2D eigenvalue weighted by molar-refractivity contribution is -0.120. The highest BCUT2D eigenvalue weighted by Crippen LogP contribution is 2.28. The van der Waals surface area contributed by atoms with Crippen molar-refractivity contribution < 1.29 is 9.59 Å². The molecular formula is C20H22N2O2. The molecule has 0 aromatic heterocycles. The Morgan fingerprint density at radius 1 is 1.08 bits per heavy atom. The second-order valence-electron chi connectivity index (χ2n) is 6.39. The van der Waals surface area contributed by atoms with E-state index >= 15 is 0 Å². The quantitative estimate of drug-likeness (QED) is 0.935. The molecule has 3 rings (SSSR count). The average Bonchev–Trinajstić information content (AvgIpc) is 2.94. The lowest BCUT2D eigenvalue weighted by atomic mass is 10.1. The third-order valence-corrected chi connectivity index (χ3v) is 4.69. The minimum absolute atomic E-state index is 0.0000303. The first-order valence-corrected chi connectivity index (χ1v) is 8.23. The summed E-state index contributed by atoms with van der Waals surface area (Å²) in [6.07, 6.45) is 0.947. The second-order valence-corrected chi connectivity index (χ2v) is 6.39. The molecule has 0 saturated carbocycles. The molecule has 1 aliphatic rings. The van der Waals surface area contributed by atoms with Crippen molar-refractivity contribution in [3.05, 3.63) is 59.2 Å². The van der Waals surface area contributed by atoms with Crippen molar-refractivity contribution in [3.8, 4) is 0 Å². The topological polar surface area (TPSA) is 49.4 Å². The number of nitrogens with one attached hydrogen (secondary N) is 1. The van der Waals surface area contributed by atoms with Crippen LogP contribution < -0.4 is 10.2 Å². The molecule has 4 nitrogen and oxygen atoms in total. The van der Waals surface area contributed by atoms with Crippen LogP contribution in [-0.4, -0.2) is 17.9 Å². The van der Waals surface area contributed by atoms with Gasteiger partial charge in [-0.05, 0) is 56.5 Å². The molecule has 4 heteroatoms. The zero-order valence-electron chi connectivity index (χ0n) is 14.3. The summed E-state index contributed by atoms with van der Waals surface area (Å²) in [6.45, 7) is 6.01. The van der Waals surface area contributed by atoms with Gasteiger partial charge in [-0.25, -0.2) is 0 Å². The molecule has 1 aliphatic heterocycles. The number of carbonyl (C=O) groups excluding carboxylic acids is 2. The van der Waals surface area contributed by atoms with Gasteiger partial charge in [-0.2, -0.15) is 0 Å². The maximum absolute atomic E-state index is 12.8. The van der Waals surface area contributed by atoms with E-state index in [1.807, 2.05) is 63.2 Å². The summed E-state index contributed by atoms with van der Waals surface area (Å²) in [5, 5.41) is 2.99. The standard InChI is InChI=1S/C20H22N2O2/c1-13-7-9-16(10-8-13)22-18(11-12-19(22)23)20(24)21-17-6-4-5-14(2)15(17)3/h4-10,18H,11-12H2,1-3H3,(H,21,24). The molecule has 2 amide bonds. The Morgan fingerprint density at radius 2 is 1.79 bits per heavy atom. The molecule has 124 valence electrons. The molecule has 1 saturated heterocycles. The van der Waals surface area contributed by atoms with E-state index in [4.69, 9.17) is 0 Å². The molecular weight excluding hydrogens is 300 g/mol. The number of hydrogen-bond donors (Lipinski definition) is 1. The molecule has 0 bridgehead atoms. The van der Waals surface area contributed by atoms with Crippen LogP contribution in [0.5, 0.6) is 0 Å². The van der Waals surface area contributed by atoms with Gasteiger partial charge >= 0.3 is 0 Å². The number of carbonyl (C=O) groups is 2. The number of aryl methyl sites for hydroxylation is 2. The number of anilines is 2. The van der Waals surface area contributed by atoms with Gasteiger partial charge < -0.3 is 5.32 Å². The fraction of sp³-hybridized carbons (Fsp3) is 0.300. The summed E-state index contributed by atoms with van der Waals surface area (Å²) >= 11 is 0. The Labute approximate surface area is 142 Å². The third-order valence-electron chi connectivity index (χ3n) is 4.69. The monoisotopic (exact) mass is 322 g/mol. The average molecular weight is 322 g/mol. The lowest BCUT2D eigenvalue weighted by Gasteiger charge is -2.24. The largest absolute Gasteiger partial charge is 0.324 e. The van der Waals surface area contributed by atoms with Crippen LogP contribution >= 0.6 is 0 Å². The summed E-state index contributed by atoms with van der Waals surface area (Å²) in [4.78, 5) is 26.7. The molecule has 1 atom stereocenters. The molecule has 0 aliphatic carbocycles. The number of benzene rings is 2. The van der Waals surface area contributed by atoms with Gasteiger partial charge in [-0.3, -0.25) is 14.5 Å². The molecule has 0 radical (unpaired) electrons. The van der Waals surface area contributed by atoms with Crippen molar-refractivity contribution in [1.29, 1.82) is 0 Å². The highest BCUT2D eigenvalue weighted by Gasteiger charge is 2.37. The fourth-order valence-electron chi connectivity index (χ4n) is 3.06. The van der Waals surface area contributed by atoms with E-state index in [-0.39, 0.29) is 11.8 Å². The van der Waals surface area contributed by atoms with E-state index in [2.05, 4.69) is 5.32 Å². The molecule has 0 spiro atoms. The number of rotatable bonds is 3. The molecule has 1 N–H and O–H groups in total. The van der Waals surface area contributed by atoms with E-state index in [0.717, 1.165) is 28.1 Å². The maximum Gasteiger partial charge on any atom is 0.247 e. The first-order chi connectivity index (χ1) is 11.5. The van der Waals surface area contributed by atoms with Crippen LogP contribution in [0.15, 0.2) is 42.5 Å². The van der Waals surface area contributed by atoms with Crippen LogP contribution in [0.25, 0.3) is 0 Å². The van der Waals surface area contributed by atoms with Gasteiger partial charge in [0.1, 0.15) is 6.04 Å². The Kier molecular flexibility index (Phi) is 4.38. The van der Waals surface area contributed by atoms with E-state index in [0.29, 0.717) is 12.8 Å². The fourth-order valence-corrected chi connectivity index (χ4v) is 3.06. The Balaban J connectivity index is 1.84. The van der Waals surface area contributed by atoms with E-state index in [1.165, 1.54) is 0 Å². The summed E-state index contributed by atoms with van der Waals surface area (Å²) in [6, 6.07) is 13.1. The first kappa shape index (κ1) is 16.2. The van der Waals surface area contributed by atoms with E-state index < -0.39 is 6.04 Å². The van der Waals surface area contributed by atoms with Gasteiger partial charge in [0.05, 0.1) is 0 Å². The highest BCUT2D eigenvalue weighted by molar-refractivity contribution is 6.07. The van der Waals surface area contributed by atoms with Crippen molar-refractivity contribution in [2.45, 2.75) is 39.7 Å². The van der Waals surface area contributed by atoms with Crippen molar-refractivity contribution in [3.63, 3.8) is 0 Å². The predicted molar refractivity (Wildman–Crippen MR) is 96.2 cm³/mol. The Bertz CT molecular complexity index is 781. The SMILES string of the molecule is Cc1ccc(N2C(=O)CCC2C(=O)Nc2cccc(C)c2C)cc1. The molecule has 2 aromatic rings. The minimum Gasteiger partial charge on any atom is -0.324 e. The van der Waals surface area contributed by atoms with Crippen LogP contribution in [0, 0.1) is 20.8 Å². The van der Waals surface area contributed by atoms with E-state index in [9.17, 15) is 9.59 Å². The van der Waals surface area contributed by atoms with Gasteiger partial charge in [-0.15, -0.1) is 0 Å². The smallest absolute Gasteiger partial charge is 0.247 e. The van der Waals surface area contributed by atoms with Crippen LogP contribution in [0.2, 0.25) is 0 Å². The summed E-state index contributed by atoms with van der Waals surface area (Å²) in [7, 11) is 0. The normalized spacial score (nSPS) is 17.2. The maximum atomic E-state index is 12.8. The zero-order chi connectivity index (χ0) is 17.3. The van der Waals surface area contributed by atoms with Gasteiger partial charge in [0, 0.05) is 17.8 Å². The zero-order valence-corrected chi connectivity index (χ0v) is 14.3. The lowest BCUT2D eigenvalue weighted by Crippen LogP contribution is -2.41. The summed E-state index contributed by atoms with van der Waals surface area (Å²) < 4.78 is 0. The number of nitrogens with zero attached hydrogens (tertiary/aromatic N) is 1.